The summed E-state index contributed by atoms with van der Waals surface area (Å²) < 4.78 is 0. The normalized spacial score (nSPS) is 8.62. The Morgan fingerprint density at radius 2 is 2.00 bits per heavy atom. The quantitative estimate of drug-likeness (QED) is 0.656. The predicted octanol–water partition coefficient (Wildman–Crippen LogP) is 2.27. The minimum atomic E-state index is -0.0344. The average molecular weight is 180 g/mol. The van der Waals surface area contributed by atoms with Crippen LogP contribution in [0.15, 0.2) is 12.4 Å². The molecular weight excluding hydrogens is 164 g/mol. The van der Waals surface area contributed by atoms with Crippen LogP contribution in [0.3, 0.4) is 0 Å². The second-order valence-electron chi connectivity index (χ2n) is 2.31. The fourth-order valence-electron chi connectivity index (χ4n) is 0.746. The van der Waals surface area contributed by atoms with Crippen LogP contribution < -0.4 is 0 Å². The first-order valence-corrected chi connectivity index (χ1v) is 4.56. The van der Waals surface area contributed by atoms with Crippen molar-refractivity contribution in [1.82, 2.24) is 9.97 Å². The van der Waals surface area contributed by atoms with Gasteiger partial charge in [-0.25, -0.2) is 4.98 Å². The first-order chi connectivity index (χ1) is 6.24. The number of nitrogens with zero attached hydrogens (tertiary/aromatic N) is 2. The van der Waals surface area contributed by atoms with Crippen LogP contribution in [0, 0.1) is 0 Å². The Labute approximate surface area is 79.2 Å². The molecule has 0 bridgehead atoms. The van der Waals surface area contributed by atoms with Crippen molar-refractivity contribution < 1.29 is 4.79 Å². The van der Waals surface area contributed by atoms with E-state index in [0.29, 0.717) is 5.69 Å². The van der Waals surface area contributed by atoms with E-state index in [0.717, 1.165) is 12.1 Å². The number of carbonyl (C=O) groups is 1. The van der Waals surface area contributed by atoms with Gasteiger partial charge in [-0.2, -0.15) is 0 Å². The molecule has 0 radical (unpaired) electrons. The minimum Gasteiger partial charge on any atom is -0.293 e. The zero-order chi connectivity index (χ0) is 10.3. The summed E-state index contributed by atoms with van der Waals surface area (Å²) >= 11 is 0. The highest BCUT2D eigenvalue weighted by Gasteiger charge is 2.00. The highest BCUT2D eigenvalue weighted by Crippen LogP contribution is 1.97. The first-order valence-electron chi connectivity index (χ1n) is 4.56. The Bertz CT molecular complexity index is 271. The Kier molecular flexibility index (Phi) is 5.68. The standard InChI is InChI=1S/C8H10N2O.C2H6/c1-3-7-4-9-5-8(10-7)6(2)11;1-2/h4-5H,3H2,1-2H3;1-2H3. The van der Waals surface area contributed by atoms with Crippen LogP contribution in [0.25, 0.3) is 0 Å². The minimum absolute atomic E-state index is 0.0344. The third-order valence-corrected chi connectivity index (χ3v) is 1.41. The second kappa shape index (κ2) is 6.29. The third kappa shape index (κ3) is 3.78. The van der Waals surface area contributed by atoms with Gasteiger partial charge in [-0.1, -0.05) is 20.8 Å². The van der Waals surface area contributed by atoms with E-state index < -0.39 is 0 Å². The molecule has 1 heterocycles. The van der Waals surface area contributed by atoms with Crippen LogP contribution in [0.4, 0.5) is 0 Å². The zero-order valence-corrected chi connectivity index (χ0v) is 8.66. The lowest BCUT2D eigenvalue weighted by atomic mass is 10.3. The molecule has 72 valence electrons. The van der Waals surface area contributed by atoms with Crippen molar-refractivity contribution in [3.8, 4) is 0 Å². The Morgan fingerprint density at radius 1 is 1.38 bits per heavy atom. The van der Waals surface area contributed by atoms with Gasteiger partial charge in [-0.05, 0) is 6.42 Å². The summed E-state index contributed by atoms with van der Waals surface area (Å²) in [5, 5.41) is 0. The summed E-state index contributed by atoms with van der Waals surface area (Å²) in [7, 11) is 0. The molecule has 0 fully saturated rings. The van der Waals surface area contributed by atoms with E-state index >= 15 is 0 Å². The predicted molar refractivity (Wildman–Crippen MR) is 52.8 cm³/mol. The second-order valence-corrected chi connectivity index (χ2v) is 2.31. The Balaban J connectivity index is 0.000000671. The van der Waals surface area contributed by atoms with Crippen LogP contribution in [-0.2, 0) is 6.42 Å². The van der Waals surface area contributed by atoms with Gasteiger partial charge in [0.05, 0.1) is 11.9 Å². The molecule has 1 aromatic heterocycles. The van der Waals surface area contributed by atoms with Crippen molar-refractivity contribution in [1.29, 1.82) is 0 Å². The van der Waals surface area contributed by atoms with Gasteiger partial charge in [0.15, 0.2) is 5.78 Å². The van der Waals surface area contributed by atoms with Gasteiger partial charge in [-0.3, -0.25) is 9.78 Å². The number of Topliss-reactive ketones (excluding diaryl/α,β-unsaturated/α-hetero) is 1. The number of hydrogen-bond donors (Lipinski definition) is 0. The van der Waals surface area contributed by atoms with Gasteiger partial charge in [0.1, 0.15) is 5.69 Å². The maximum Gasteiger partial charge on any atom is 0.179 e. The highest BCUT2D eigenvalue weighted by atomic mass is 16.1. The van der Waals surface area contributed by atoms with Crippen molar-refractivity contribution in [3.05, 3.63) is 23.8 Å². The van der Waals surface area contributed by atoms with Gasteiger partial charge in [0.2, 0.25) is 0 Å². The Hall–Kier alpha value is -1.25. The van der Waals surface area contributed by atoms with E-state index in [2.05, 4.69) is 9.97 Å². The van der Waals surface area contributed by atoms with Gasteiger partial charge in [0, 0.05) is 13.1 Å². The van der Waals surface area contributed by atoms with Crippen molar-refractivity contribution in [2.75, 3.05) is 0 Å². The molecule has 13 heavy (non-hydrogen) atoms. The zero-order valence-electron chi connectivity index (χ0n) is 8.66. The smallest absolute Gasteiger partial charge is 0.179 e. The van der Waals surface area contributed by atoms with Crippen LogP contribution >= 0.6 is 0 Å². The summed E-state index contributed by atoms with van der Waals surface area (Å²) in [6.45, 7) is 7.47. The van der Waals surface area contributed by atoms with Crippen LogP contribution in [0.5, 0.6) is 0 Å². The van der Waals surface area contributed by atoms with Crippen LogP contribution in [-0.4, -0.2) is 15.8 Å². The van der Waals surface area contributed by atoms with Crippen LogP contribution in [0.1, 0.15) is 43.9 Å². The molecule has 1 aromatic rings. The van der Waals surface area contributed by atoms with Crippen molar-refractivity contribution in [3.63, 3.8) is 0 Å². The SMILES string of the molecule is CC.CCc1cncc(C(C)=O)n1. The number of aryl methyl sites for hydroxylation is 1. The molecule has 3 nitrogen and oxygen atoms in total. The highest BCUT2D eigenvalue weighted by molar-refractivity contribution is 5.91. The molecule has 0 aliphatic rings. The fraction of sp³-hybridized carbons (Fsp3) is 0.500. The van der Waals surface area contributed by atoms with Gasteiger partial charge < -0.3 is 0 Å². The molecule has 3 heteroatoms. The largest absolute Gasteiger partial charge is 0.293 e. The molecule has 0 N–H and O–H groups in total. The van der Waals surface area contributed by atoms with Gasteiger partial charge in [0.25, 0.3) is 0 Å². The third-order valence-electron chi connectivity index (χ3n) is 1.41. The summed E-state index contributed by atoms with van der Waals surface area (Å²) in [5.41, 5.74) is 1.31. The van der Waals surface area contributed by atoms with E-state index in [-0.39, 0.29) is 5.78 Å². The van der Waals surface area contributed by atoms with E-state index in [9.17, 15) is 4.79 Å². The number of hydrogen-bond acceptors (Lipinski definition) is 3. The molecular formula is C10H16N2O. The van der Waals surface area contributed by atoms with Crippen molar-refractivity contribution in [2.24, 2.45) is 0 Å². The number of aromatic nitrogens is 2. The monoisotopic (exact) mass is 180 g/mol. The maximum absolute atomic E-state index is 10.8. The molecule has 0 aromatic carbocycles. The van der Waals surface area contributed by atoms with Crippen LogP contribution in [0.2, 0.25) is 0 Å². The molecule has 1 rings (SSSR count). The molecule has 0 spiro atoms. The Morgan fingerprint density at radius 3 is 2.46 bits per heavy atom. The molecule has 0 amide bonds. The van der Waals surface area contributed by atoms with E-state index in [1.165, 1.54) is 13.1 Å². The summed E-state index contributed by atoms with van der Waals surface area (Å²) in [5.74, 6) is -0.0344. The molecule has 0 aliphatic heterocycles. The molecule has 0 unspecified atom stereocenters. The molecule has 0 saturated carbocycles. The lowest BCUT2D eigenvalue weighted by Crippen LogP contribution is -2.00. The van der Waals surface area contributed by atoms with Gasteiger partial charge >= 0.3 is 0 Å². The van der Waals surface area contributed by atoms with E-state index in [1.807, 2.05) is 20.8 Å². The summed E-state index contributed by atoms with van der Waals surface area (Å²) in [6, 6.07) is 0. The van der Waals surface area contributed by atoms with Crippen molar-refractivity contribution in [2.45, 2.75) is 34.1 Å². The lowest BCUT2D eigenvalue weighted by molar-refractivity contribution is 0.101. The molecule has 0 atom stereocenters. The first kappa shape index (κ1) is 11.8. The van der Waals surface area contributed by atoms with Gasteiger partial charge in [-0.15, -0.1) is 0 Å². The number of carbonyl (C=O) groups excluding carboxylic acids is 1. The average Bonchev–Trinajstić information content (AvgIpc) is 2.21. The lowest BCUT2D eigenvalue weighted by Gasteiger charge is -1.96. The van der Waals surface area contributed by atoms with E-state index in [1.54, 1.807) is 6.20 Å². The molecule has 0 saturated heterocycles. The fourth-order valence-corrected chi connectivity index (χ4v) is 0.746. The molecule has 0 aliphatic carbocycles. The summed E-state index contributed by atoms with van der Waals surface area (Å²) in [6.07, 6.45) is 3.97. The number of ketones is 1. The van der Waals surface area contributed by atoms with E-state index in [4.69, 9.17) is 0 Å². The maximum atomic E-state index is 10.8. The topological polar surface area (TPSA) is 42.9 Å². The summed E-state index contributed by atoms with van der Waals surface area (Å²) in [4.78, 5) is 18.8. The number of rotatable bonds is 2. The van der Waals surface area contributed by atoms with Crippen molar-refractivity contribution >= 4 is 5.78 Å².